The Kier molecular flexibility index (Phi) is 8.10. The lowest BCUT2D eigenvalue weighted by Gasteiger charge is -2.25. The van der Waals surface area contributed by atoms with Gasteiger partial charge in [-0.25, -0.2) is 0 Å². The van der Waals surface area contributed by atoms with Gasteiger partial charge in [0.2, 0.25) is 5.91 Å². The molecule has 38 heavy (non-hydrogen) atoms. The number of benzene rings is 2. The minimum Gasteiger partial charge on any atom is -0.497 e. The molecule has 6 heteroatoms. The Balaban J connectivity index is 1.76. The lowest BCUT2D eigenvalue weighted by Crippen LogP contribution is -2.31. The predicted molar refractivity (Wildman–Crippen MR) is 152 cm³/mol. The number of methoxy groups -OCH3 is 2. The highest BCUT2D eigenvalue weighted by Crippen LogP contribution is 2.33. The first-order valence-corrected chi connectivity index (χ1v) is 13.2. The third-order valence-electron chi connectivity index (χ3n) is 7.29. The van der Waals surface area contributed by atoms with Crippen molar-refractivity contribution in [2.24, 2.45) is 0 Å². The van der Waals surface area contributed by atoms with Crippen molar-refractivity contribution in [3.63, 3.8) is 0 Å². The van der Waals surface area contributed by atoms with Crippen molar-refractivity contribution in [3.05, 3.63) is 99.0 Å². The summed E-state index contributed by atoms with van der Waals surface area (Å²) >= 11 is 0. The van der Waals surface area contributed by atoms with Gasteiger partial charge in [-0.05, 0) is 47.6 Å². The maximum absolute atomic E-state index is 13.0. The third kappa shape index (κ3) is 5.85. The highest BCUT2D eigenvalue weighted by Gasteiger charge is 2.31. The van der Waals surface area contributed by atoms with E-state index in [2.05, 4.69) is 56.1 Å². The van der Waals surface area contributed by atoms with Crippen LogP contribution < -0.4 is 15.0 Å². The molecule has 1 atom stereocenters. The molecular formula is C32H38N2O4. The van der Waals surface area contributed by atoms with Crippen molar-refractivity contribution in [2.75, 3.05) is 14.2 Å². The zero-order valence-corrected chi connectivity index (χ0v) is 23.3. The van der Waals surface area contributed by atoms with Crippen LogP contribution in [0.5, 0.6) is 11.5 Å². The van der Waals surface area contributed by atoms with Gasteiger partial charge in [0, 0.05) is 41.4 Å². The van der Waals surface area contributed by atoms with Crippen molar-refractivity contribution in [1.29, 1.82) is 0 Å². The smallest absolute Gasteiger partial charge is 0.251 e. The number of likely N-dealkylation sites (tertiary alicyclic amines) is 1. The molecule has 200 valence electrons. The van der Waals surface area contributed by atoms with Crippen molar-refractivity contribution in [2.45, 2.75) is 65.0 Å². The first-order valence-electron chi connectivity index (χ1n) is 13.2. The number of aromatic amines is 1. The van der Waals surface area contributed by atoms with Crippen LogP contribution in [0.3, 0.4) is 0 Å². The topological polar surface area (TPSA) is 71.6 Å². The fourth-order valence-corrected chi connectivity index (χ4v) is 4.92. The summed E-state index contributed by atoms with van der Waals surface area (Å²) in [4.78, 5) is 30.8. The SMILES string of the molecule is CCc1ccc(C(=C[C@H]2CCC(=O)N2Cc2ccc(OC)cc2OC)c2ccc(C(C)(C)C)cc2)[nH]c1=O. The molecule has 0 bridgehead atoms. The number of H-pyrrole nitrogens is 1. The van der Waals surface area contributed by atoms with E-state index in [1.165, 1.54) is 5.56 Å². The number of amides is 1. The molecule has 0 radical (unpaired) electrons. The average Bonchev–Trinajstić information content (AvgIpc) is 3.25. The summed E-state index contributed by atoms with van der Waals surface area (Å²) in [6.45, 7) is 8.97. The van der Waals surface area contributed by atoms with Gasteiger partial charge in [-0.2, -0.15) is 0 Å². The second-order valence-electron chi connectivity index (χ2n) is 10.8. The molecule has 1 fully saturated rings. The standard InChI is InChI=1S/C32H38N2O4/c1-7-21-11-16-28(33-31(21)36)27(22-8-12-24(13-9-22)32(2,3)4)18-25-14-17-30(35)34(25)20-23-10-15-26(37-5)19-29(23)38-6/h8-13,15-16,18-19,25H,7,14,17,20H2,1-6H3,(H,33,36)/t25-/m1/s1. The van der Waals surface area contributed by atoms with Crippen molar-refractivity contribution < 1.29 is 14.3 Å². The zero-order chi connectivity index (χ0) is 27.4. The number of ether oxygens (including phenoxy) is 2. The number of aryl methyl sites for hydroxylation is 1. The van der Waals surface area contributed by atoms with Crippen LogP contribution in [0.15, 0.2) is 65.5 Å². The number of carbonyl (C=O) groups excluding carboxylic acids is 1. The normalized spacial score (nSPS) is 16.2. The van der Waals surface area contributed by atoms with Gasteiger partial charge in [0.15, 0.2) is 0 Å². The quantitative estimate of drug-likeness (QED) is 0.408. The van der Waals surface area contributed by atoms with E-state index in [0.717, 1.165) is 28.0 Å². The van der Waals surface area contributed by atoms with Gasteiger partial charge in [0.05, 0.1) is 20.3 Å². The lowest BCUT2D eigenvalue weighted by atomic mass is 9.86. The summed E-state index contributed by atoms with van der Waals surface area (Å²) in [5.74, 6) is 1.49. The van der Waals surface area contributed by atoms with E-state index in [1.807, 2.05) is 42.2 Å². The van der Waals surface area contributed by atoms with Crippen LogP contribution in [-0.4, -0.2) is 36.1 Å². The number of aromatic nitrogens is 1. The molecular weight excluding hydrogens is 476 g/mol. The number of nitrogens with one attached hydrogen (secondary N) is 1. The summed E-state index contributed by atoms with van der Waals surface area (Å²) in [6, 6.07) is 17.9. The predicted octanol–water partition coefficient (Wildman–Crippen LogP) is 5.87. The lowest BCUT2D eigenvalue weighted by molar-refractivity contribution is -0.129. The second kappa shape index (κ2) is 11.3. The van der Waals surface area contributed by atoms with Gasteiger partial charge >= 0.3 is 0 Å². The largest absolute Gasteiger partial charge is 0.497 e. The number of hydrogen-bond acceptors (Lipinski definition) is 4. The first kappa shape index (κ1) is 27.2. The molecule has 4 rings (SSSR count). The van der Waals surface area contributed by atoms with E-state index in [9.17, 15) is 9.59 Å². The molecule has 1 N–H and O–H groups in total. The minimum atomic E-state index is -0.124. The zero-order valence-electron chi connectivity index (χ0n) is 23.3. The van der Waals surface area contributed by atoms with Crippen LogP contribution in [0, 0.1) is 0 Å². The molecule has 1 aliphatic heterocycles. The fourth-order valence-electron chi connectivity index (χ4n) is 4.92. The average molecular weight is 515 g/mol. The van der Waals surface area contributed by atoms with E-state index in [0.29, 0.717) is 37.3 Å². The van der Waals surface area contributed by atoms with Gasteiger partial charge < -0.3 is 19.4 Å². The van der Waals surface area contributed by atoms with E-state index < -0.39 is 0 Å². The van der Waals surface area contributed by atoms with Crippen molar-refractivity contribution in [1.82, 2.24) is 9.88 Å². The molecule has 1 aromatic heterocycles. The summed E-state index contributed by atoms with van der Waals surface area (Å²) in [6.07, 6.45) is 3.98. The van der Waals surface area contributed by atoms with Gasteiger partial charge in [-0.15, -0.1) is 0 Å². The Labute approximate surface area is 225 Å². The molecule has 2 heterocycles. The number of rotatable bonds is 8. The Bertz CT molecular complexity index is 1380. The molecule has 0 saturated carbocycles. The molecule has 1 aliphatic rings. The molecule has 2 aromatic carbocycles. The van der Waals surface area contributed by atoms with E-state index in [-0.39, 0.29) is 22.9 Å². The van der Waals surface area contributed by atoms with Crippen LogP contribution in [0.1, 0.15) is 68.5 Å². The second-order valence-corrected chi connectivity index (χ2v) is 10.8. The van der Waals surface area contributed by atoms with Crippen LogP contribution >= 0.6 is 0 Å². The summed E-state index contributed by atoms with van der Waals surface area (Å²) in [5, 5.41) is 0. The summed E-state index contributed by atoms with van der Waals surface area (Å²) < 4.78 is 10.9. The number of pyridine rings is 1. The molecule has 0 spiro atoms. The molecule has 0 unspecified atom stereocenters. The van der Waals surface area contributed by atoms with Gasteiger partial charge in [-0.3, -0.25) is 9.59 Å². The van der Waals surface area contributed by atoms with Crippen LogP contribution in [0.4, 0.5) is 0 Å². The number of nitrogens with zero attached hydrogens (tertiary/aromatic N) is 1. The van der Waals surface area contributed by atoms with Crippen molar-refractivity contribution in [3.8, 4) is 11.5 Å². The Morgan fingerprint density at radius 1 is 1.00 bits per heavy atom. The van der Waals surface area contributed by atoms with E-state index >= 15 is 0 Å². The van der Waals surface area contributed by atoms with Gasteiger partial charge in [-0.1, -0.05) is 64.1 Å². The number of hydrogen-bond donors (Lipinski definition) is 1. The van der Waals surface area contributed by atoms with E-state index in [4.69, 9.17) is 9.47 Å². The molecule has 0 aliphatic carbocycles. The number of carbonyl (C=O) groups is 1. The third-order valence-corrected chi connectivity index (χ3v) is 7.29. The maximum atomic E-state index is 13.0. The van der Waals surface area contributed by atoms with Crippen LogP contribution in [-0.2, 0) is 23.2 Å². The first-order chi connectivity index (χ1) is 18.1. The highest BCUT2D eigenvalue weighted by molar-refractivity contribution is 5.82. The minimum absolute atomic E-state index is 0.0333. The Morgan fingerprint density at radius 3 is 2.32 bits per heavy atom. The monoisotopic (exact) mass is 514 g/mol. The molecule has 1 saturated heterocycles. The van der Waals surface area contributed by atoms with Gasteiger partial charge in [0.1, 0.15) is 11.5 Å². The molecule has 6 nitrogen and oxygen atoms in total. The summed E-state index contributed by atoms with van der Waals surface area (Å²) in [5.41, 5.74) is 5.52. The van der Waals surface area contributed by atoms with E-state index in [1.54, 1.807) is 14.2 Å². The van der Waals surface area contributed by atoms with Gasteiger partial charge in [0.25, 0.3) is 5.56 Å². The molecule has 1 amide bonds. The highest BCUT2D eigenvalue weighted by atomic mass is 16.5. The van der Waals surface area contributed by atoms with Crippen LogP contribution in [0.2, 0.25) is 0 Å². The summed E-state index contributed by atoms with van der Waals surface area (Å²) in [7, 11) is 3.24. The van der Waals surface area contributed by atoms with Crippen LogP contribution in [0.25, 0.3) is 5.57 Å². The maximum Gasteiger partial charge on any atom is 0.251 e. The fraction of sp³-hybridized carbons (Fsp3) is 0.375. The Morgan fingerprint density at radius 2 is 1.71 bits per heavy atom. The Hall–Kier alpha value is -3.80. The van der Waals surface area contributed by atoms with Crippen molar-refractivity contribution >= 4 is 11.5 Å². The molecule has 3 aromatic rings.